The van der Waals surface area contributed by atoms with Crippen LogP contribution in [0.5, 0.6) is 0 Å². The molecule has 2 aromatic heterocycles. The summed E-state index contributed by atoms with van der Waals surface area (Å²) >= 11 is 0. The molecule has 3 aromatic rings. The first kappa shape index (κ1) is 17.2. The number of para-hydroxylation sites is 1. The summed E-state index contributed by atoms with van der Waals surface area (Å²) in [5.41, 5.74) is 3.57. The fourth-order valence-corrected chi connectivity index (χ4v) is 4.29. The normalized spacial score (nSPS) is 18.2. The summed E-state index contributed by atoms with van der Waals surface area (Å²) in [5, 5.41) is 4.91. The lowest BCUT2D eigenvalue weighted by Gasteiger charge is -2.42. The molecule has 0 N–H and O–H groups in total. The predicted octanol–water partition coefficient (Wildman–Crippen LogP) is 2.31. The molecule has 1 spiro atoms. The minimum Gasteiger partial charge on any atom is -0.368 e. The van der Waals surface area contributed by atoms with Crippen LogP contribution in [-0.4, -0.2) is 49.8 Å². The van der Waals surface area contributed by atoms with Gasteiger partial charge in [0.05, 0.1) is 30.5 Å². The molecule has 0 bridgehead atoms. The van der Waals surface area contributed by atoms with Gasteiger partial charge < -0.3 is 14.2 Å². The standard InChI is InChI=1S/C21H23N5O2/c1-24-15-22-13-18(24)20(27)25-10-8-21(9-11-25)19-16(7-12-28-21)14-26(23-19)17-5-3-2-4-6-17/h2-6,13-15H,7-12H2,1H3. The van der Waals surface area contributed by atoms with Gasteiger partial charge in [-0.1, -0.05) is 18.2 Å². The minimum absolute atomic E-state index is 0.0284. The lowest BCUT2D eigenvalue weighted by molar-refractivity contribution is -0.0964. The molecule has 0 saturated carbocycles. The Kier molecular flexibility index (Phi) is 4.05. The number of ether oxygens (including phenoxy) is 1. The molecular formula is C21H23N5O2. The smallest absolute Gasteiger partial charge is 0.272 e. The molecule has 2 aliphatic rings. The molecule has 1 fully saturated rings. The highest BCUT2D eigenvalue weighted by Gasteiger charge is 2.44. The van der Waals surface area contributed by atoms with E-state index in [0.717, 1.165) is 30.6 Å². The van der Waals surface area contributed by atoms with E-state index < -0.39 is 5.60 Å². The number of rotatable bonds is 2. The van der Waals surface area contributed by atoms with Crippen molar-refractivity contribution in [1.29, 1.82) is 0 Å². The van der Waals surface area contributed by atoms with Gasteiger partial charge in [0.25, 0.3) is 5.91 Å². The van der Waals surface area contributed by atoms with Gasteiger partial charge in [0, 0.05) is 26.3 Å². The largest absolute Gasteiger partial charge is 0.368 e. The molecule has 7 heteroatoms. The Hall–Kier alpha value is -2.93. The number of aryl methyl sites for hydroxylation is 1. The lowest BCUT2D eigenvalue weighted by Crippen LogP contribution is -2.48. The first-order valence-electron chi connectivity index (χ1n) is 9.70. The van der Waals surface area contributed by atoms with Crippen LogP contribution < -0.4 is 0 Å². The van der Waals surface area contributed by atoms with E-state index in [1.807, 2.05) is 34.8 Å². The van der Waals surface area contributed by atoms with Gasteiger partial charge in [-0.15, -0.1) is 0 Å². The molecule has 0 atom stereocenters. The molecule has 2 aliphatic heterocycles. The Balaban J connectivity index is 1.39. The van der Waals surface area contributed by atoms with Crippen LogP contribution in [0.2, 0.25) is 0 Å². The summed E-state index contributed by atoms with van der Waals surface area (Å²) < 4.78 is 10.0. The van der Waals surface area contributed by atoms with E-state index in [2.05, 4.69) is 23.3 Å². The van der Waals surface area contributed by atoms with Gasteiger partial charge in [0.15, 0.2) is 0 Å². The number of amides is 1. The van der Waals surface area contributed by atoms with Gasteiger partial charge in [-0.05, 0) is 37.0 Å². The number of aromatic nitrogens is 4. The molecule has 1 aromatic carbocycles. The molecule has 28 heavy (non-hydrogen) atoms. The highest BCUT2D eigenvalue weighted by molar-refractivity contribution is 5.92. The molecule has 1 amide bonds. The van der Waals surface area contributed by atoms with Crippen molar-refractivity contribution in [2.24, 2.45) is 7.05 Å². The van der Waals surface area contributed by atoms with Crippen molar-refractivity contribution >= 4 is 5.91 Å². The molecule has 7 nitrogen and oxygen atoms in total. The van der Waals surface area contributed by atoms with Crippen LogP contribution in [0.1, 0.15) is 34.6 Å². The lowest BCUT2D eigenvalue weighted by atomic mass is 9.83. The molecule has 0 radical (unpaired) electrons. The number of likely N-dealkylation sites (tertiary alicyclic amines) is 1. The van der Waals surface area contributed by atoms with Crippen molar-refractivity contribution in [3.05, 3.63) is 66.0 Å². The molecule has 1 saturated heterocycles. The van der Waals surface area contributed by atoms with Crippen LogP contribution >= 0.6 is 0 Å². The minimum atomic E-state index is -0.392. The number of hydrogen-bond acceptors (Lipinski definition) is 4. The SMILES string of the molecule is Cn1cncc1C(=O)N1CCC2(CC1)OCCc1cn(-c3ccccc3)nc12. The maximum atomic E-state index is 12.8. The Morgan fingerprint density at radius 2 is 1.96 bits per heavy atom. The quantitative estimate of drug-likeness (QED) is 0.687. The second-order valence-electron chi connectivity index (χ2n) is 7.56. The summed E-state index contributed by atoms with van der Waals surface area (Å²) in [6.07, 6.45) is 7.81. The maximum absolute atomic E-state index is 12.8. The third-order valence-corrected chi connectivity index (χ3v) is 5.89. The Morgan fingerprint density at radius 3 is 2.68 bits per heavy atom. The van der Waals surface area contributed by atoms with E-state index in [9.17, 15) is 4.79 Å². The fourth-order valence-electron chi connectivity index (χ4n) is 4.29. The zero-order valence-electron chi connectivity index (χ0n) is 15.9. The van der Waals surface area contributed by atoms with E-state index in [4.69, 9.17) is 9.84 Å². The fraction of sp³-hybridized carbons (Fsp3) is 0.381. The third kappa shape index (κ3) is 2.74. The third-order valence-electron chi connectivity index (χ3n) is 5.89. The second kappa shape index (κ2) is 6.60. The van der Waals surface area contributed by atoms with Gasteiger partial charge in [-0.2, -0.15) is 5.10 Å². The van der Waals surface area contributed by atoms with E-state index in [1.165, 1.54) is 5.56 Å². The topological polar surface area (TPSA) is 65.2 Å². The molecule has 0 aliphatic carbocycles. The number of fused-ring (bicyclic) bond motifs is 2. The second-order valence-corrected chi connectivity index (χ2v) is 7.56. The van der Waals surface area contributed by atoms with Gasteiger partial charge in [-0.25, -0.2) is 9.67 Å². The van der Waals surface area contributed by atoms with Gasteiger partial charge in [0.2, 0.25) is 0 Å². The van der Waals surface area contributed by atoms with Gasteiger partial charge >= 0.3 is 0 Å². The van der Waals surface area contributed by atoms with Gasteiger partial charge in [0.1, 0.15) is 11.3 Å². The maximum Gasteiger partial charge on any atom is 0.272 e. The van der Waals surface area contributed by atoms with Crippen molar-refractivity contribution in [3.8, 4) is 5.69 Å². The van der Waals surface area contributed by atoms with E-state index in [0.29, 0.717) is 25.4 Å². The zero-order chi connectivity index (χ0) is 19.1. The highest BCUT2D eigenvalue weighted by atomic mass is 16.5. The van der Waals surface area contributed by atoms with E-state index in [-0.39, 0.29) is 5.91 Å². The van der Waals surface area contributed by atoms with Crippen molar-refractivity contribution in [3.63, 3.8) is 0 Å². The van der Waals surface area contributed by atoms with Gasteiger partial charge in [-0.3, -0.25) is 4.79 Å². The molecule has 0 unspecified atom stereocenters. The Bertz CT molecular complexity index is 999. The van der Waals surface area contributed by atoms with E-state index >= 15 is 0 Å². The van der Waals surface area contributed by atoms with Crippen LogP contribution in [-0.2, 0) is 23.8 Å². The number of imidazole rings is 1. The first-order chi connectivity index (χ1) is 13.7. The van der Waals surface area contributed by atoms with Crippen LogP contribution in [0.15, 0.2) is 49.1 Å². The summed E-state index contributed by atoms with van der Waals surface area (Å²) in [4.78, 5) is 18.7. The van der Waals surface area contributed by atoms with Crippen molar-refractivity contribution in [2.45, 2.75) is 24.9 Å². The summed E-state index contributed by atoms with van der Waals surface area (Å²) in [6.45, 7) is 2.01. The first-order valence-corrected chi connectivity index (χ1v) is 9.70. The average Bonchev–Trinajstić information content (AvgIpc) is 3.36. The molecule has 5 rings (SSSR count). The molecule has 144 valence electrons. The number of nitrogens with zero attached hydrogens (tertiary/aromatic N) is 5. The van der Waals surface area contributed by atoms with Crippen LogP contribution in [0.25, 0.3) is 5.69 Å². The number of benzene rings is 1. The monoisotopic (exact) mass is 377 g/mol. The van der Waals surface area contributed by atoms with E-state index in [1.54, 1.807) is 17.1 Å². The highest BCUT2D eigenvalue weighted by Crippen LogP contribution is 2.41. The average molecular weight is 377 g/mol. The van der Waals surface area contributed by atoms with Crippen LogP contribution in [0.4, 0.5) is 0 Å². The number of carbonyl (C=O) groups excluding carboxylic acids is 1. The molecule has 4 heterocycles. The summed E-state index contributed by atoms with van der Waals surface area (Å²) in [7, 11) is 1.85. The zero-order valence-corrected chi connectivity index (χ0v) is 15.9. The summed E-state index contributed by atoms with van der Waals surface area (Å²) in [5.74, 6) is 0.0284. The Labute approximate surface area is 163 Å². The Morgan fingerprint density at radius 1 is 1.18 bits per heavy atom. The predicted molar refractivity (Wildman–Crippen MR) is 103 cm³/mol. The number of piperidine rings is 1. The van der Waals surface area contributed by atoms with Crippen LogP contribution in [0, 0.1) is 0 Å². The number of carbonyl (C=O) groups is 1. The molecular weight excluding hydrogens is 354 g/mol. The van der Waals surface area contributed by atoms with Crippen LogP contribution in [0.3, 0.4) is 0 Å². The van der Waals surface area contributed by atoms with Crippen molar-refractivity contribution in [2.75, 3.05) is 19.7 Å². The summed E-state index contributed by atoms with van der Waals surface area (Å²) in [6, 6.07) is 10.2. The van der Waals surface area contributed by atoms with Crippen molar-refractivity contribution in [1.82, 2.24) is 24.2 Å². The van der Waals surface area contributed by atoms with Crippen molar-refractivity contribution < 1.29 is 9.53 Å². The number of hydrogen-bond donors (Lipinski definition) is 0.